The molecule has 1 aliphatic heterocycles. The standard InChI is InChI=1S/C17H36N4O2/c1-15(2)21(4)10-6-5-9-19-16(18-3)20-13-17(7-11-22)8-12-23-14-17/h15,22H,5-14H2,1-4H3,(H2,18,19,20). The molecule has 0 spiro atoms. The van der Waals surface area contributed by atoms with Crippen LogP contribution in [-0.4, -0.2) is 75.6 Å². The third-order valence-corrected chi connectivity index (χ3v) is 4.79. The normalized spacial score (nSPS) is 22.1. The molecular weight excluding hydrogens is 292 g/mol. The maximum atomic E-state index is 9.27. The molecule has 1 atom stereocenters. The molecule has 1 heterocycles. The zero-order chi connectivity index (χ0) is 17.1. The minimum absolute atomic E-state index is 0.0480. The summed E-state index contributed by atoms with van der Waals surface area (Å²) < 4.78 is 5.52. The first-order valence-corrected chi connectivity index (χ1v) is 8.86. The fourth-order valence-corrected chi connectivity index (χ4v) is 2.75. The SMILES string of the molecule is CN=C(NCCCCN(C)C(C)C)NCC1(CCO)CCOC1. The molecule has 0 aromatic rings. The summed E-state index contributed by atoms with van der Waals surface area (Å²) in [7, 11) is 3.97. The molecule has 1 fully saturated rings. The van der Waals surface area contributed by atoms with Crippen molar-refractivity contribution in [3.05, 3.63) is 0 Å². The molecule has 0 radical (unpaired) electrons. The van der Waals surface area contributed by atoms with Gasteiger partial charge in [-0.1, -0.05) is 0 Å². The molecule has 6 heteroatoms. The Bertz CT molecular complexity index is 341. The van der Waals surface area contributed by atoms with Crippen molar-refractivity contribution in [2.45, 2.75) is 45.6 Å². The van der Waals surface area contributed by atoms with E-state index in [0.29, 0.717) is 6.04 Å². The van der Waals surface area contributed by atoms with Crippen LogP contribution >= 0.6 is 0 Å². The van der Waals surface area contributed by atoms with Gasteiger partial charge in [0.15, 0.2) is 5.96 Å². The zero-order valence-corrected chi connectivity index (χ0v) is 15.4. The van der Waals surface area contributed by atoms with Crippen LogP contribution in [0.15, 0.2) is 4.99 Å². The summed E-state index contributed by atoms with van der Waals surface area (Å²) in [5, 5.41) is 16.0. The van der Waals surface area contributed by atoms with Gasteiger partial charge in [0.05, 0.1) is 6.61 Å². The lowest BCUT2D eigenvalue weighted by Gasteiger charge is -2.27. The van der Waals surface area contributed by atoms with Gasteiger partial charge >= 0.3 is 0 Å². The topological polar surface area (TPSA) is 69.1 Å². The number of hydrogen-bond acceptors (Lipinski definition) is 4. The first-order chi connectivity index (χ1) is 11.0. The van der Waals surface area contributed by atoms with Crippen LogP contribution in [0.4, 0.5) is 0 Å². The van der Waals surface area contributed by atoms with E-state index < -0.39 is 0 Å². The summed E-state index contributed by atoms with van der Waals surface area (Å²) in [6.45, 7) is 9.01. The highest BCUT2D eigenvalue weighted by Gasteiger charge is 2.34. The Labute approximate surface area is 141 Å². The average molecular weight is 329 g/mol. The molecule has 0 aromatic carbocycles. The summed E-state index contributed by atoms with van der Waals surface area (Å²) in [5.41, 5.74) is 0.0480. The van der Waals surface area contributed by atoms with Gasteiger partial charge < -0.3 is 25.4 Å². The third kappa shape index (κ3) is 7.50. The monoisotopic (exact) mass is 328 g/mol. The Morgan fingerprint density at radius 3 is 2.70 bits per heavy atom. The van der Waals surface area contributed by atoms with Gasteiger partial charge in [-0.3, -0.25) is 4.99 Å². The smallest absolute Gasteiger partial charge is 0.190 e. The molecule has 6 nitrogen and oxygen atoms in total. The number of nitrogens with zero attached hydrogens (tertiary/aromatic N) is 2. The lowest BCUT2D eigenvalue weighted by molar-refractivity contribution is 0.127. The number of hydrogen-bond donors (Lipinski definition) is 3. The predicted molar refractivity (Wildman–Crippen MR) is 95.9 cm³/mol. The van der Waals surface area contributed by atoms with Crippen LogP contribution in [0, 0.1) is 5.41 Å². The predicted octanol–water partition coefficient (Wildman–Crippen LogP) is 1.06. The van der Waals surface area contributed by atoms with Gasteiger partial charge in [-0.15, -0.1) is 0 Å². The Kier molecular flexibility index (Phi) is 9.52. The largest absolute Gasteiger partial charge is 0.396 e. The van der Waals surface area contributed by atoms with Gasteiger partial charge in [0.2, 0.25) is 0 Å². The number of aliphatic hydroxyl groups is 1. The molecule has 0 bridgehead atoms. The Hall–Kier alpha value is -0.850. The van der Waals surface area contributed by atoms with E-state index >= 15 is 0 Å². The van der Waals surface area contributed by atoms with Crippen LogP contribution in [0.25, 0.3) is 0 Å². The van der Waals surface area contributed by atoms with E-state index in [1.807, 2.05) is 0 Å². The summed E-state index contributed by atoms with van der Waals surface area (Å²) in [6, 6.07) is 0.605. The van der Waals surface area contributed by atoms with Crippen molar-refractivity contribution in [2.75, 3.05) is 53.6 Å². The van der Waals surface area contributed by atoms with Gasteiger partial charge in [0.25, 0.3) is 0 Å². The van der Waals surface area contributed by atoms with Crippen molar-refractivity contribution in [3.8, 4) is 0 Å². The van der Waals surface area contributed by atoms with E-state index in [1.54, 1.807) is 7.05 Å². The van der Waals surface area contributed by atoms with Gasteiger partial charge in [0, 0.05) is 44.8 Å². The highest BCUT2D eigenvalue weighted by atomic mass is 16.5. The molecular formula is C17H36N4O2. The van der Waals surface area contributed by atoms with Crippen LogP contribution in [0.5, 0.6) is 0 Å². The van der Waals surface area contributed by atoms with E-state index in [-0.39, 0.29) is 12.0 Å². The van der Waals surface area contributed by atoms with Crippen LogP contribution in [0.1, 0.15) is 39.5 Å². The molecule has 0 saturated carbocycles. The van der Waals surface area contributed by atoms with Gasteiger partial charge in [-0.2, -0.15) is 0 Å². The lowest BCUT2D eigenvalue weighted by Crippen LogP contribution is -2.44. The maximum Gasteiger partial charge on any atom is 0.190 e. The van der Waals surface area contributed by atoms with Gasteiger partial charge in [0.1, 0.15) is 0 Å². The Morgan fingerprint density at radius 2 is 2.13 bits per heavy atom. The lowest BCUT2D eigenvalue weighted by atomic mass is 9.84. The molecule has 3 N–H and O–H groups in total. The molecule has 0 aliphatic carbocycles. The summed E-state index contributed by atoms with van der Waals surface area (Å²) in [4.78, 5) is 6.65. The maximum absolute atomic E-state index is 9.27. The molecule has 1 aliphatic rings. The van der Waals surface area contributed by atoms with Crippen molar-refractivity contribution < 1.29 is 9.84 Å². The van der Waals surface area contributed by atoms with Crippen molar-refractivity contribution in [1.82, 2.24) is 15.5 Å². The molecule has 1 rings (SSSR count). The number of nitrogens with one attached hydrogen (secondary N) is 2. The van der Waals surface area contributed by atoms with Crippen molar-refractivity contribution in [3.63, 3.8) is 0 Å². The van der Waals surface area contributed by atoms with E-state index in [0.717, 1.165) is 58.1 Å². The van der Waals surface area contributed by atoms with Crippen LogP contribution < -0.4 is 10.6 Å². The number of aliphatic imine (C=N–C) groups is 1. The average Bonchev–Trinajstić information content (AvgIpc) is 2.98. The summed E-state index contributed by atoms with van der Waals surface area (Å²) in [5.74, 6) is 0.839. The second-order valence-corrected chi connectivity index (χ2v) is 6.91. The van der Waals surface area contributed by atoms with Crippen molar-refractivity contribution in [2.24, 2.45) is 10.4 Å². The molecule has 1 saturated heterocycles. The summed E-state index contributed by atoms with van der Waals surface area (Å²) in [6.07, 6.45) is 4.08. The van der Waals surface area contributed by atoms with Crippen molar-refractivity contribution in [1.29, 1.82) is 0 Å². The molecule has 0 aromatic heterocycles. The van der Waals surface area contributed by atoms with E-state index in [9.17, 15) is 5.11 Å². The molecule has 23 heavy (non-hydrogen) atoms. The first-order valence-electron chi connectivity index (χ1n) is 8.86. The second-order valence-electron chi connectivity index (χ2n) is 6.91. The first kappa shape index (κ1) is 20.2. The van der Waals surface area contributed by atoms with Gasteiger partial charge in [-0.25, -0.2) is 0 Å². The minimum atomic E-state index is 0.0480. The molecule has 1 unspecified atom stereocenters. The zero-order valence-electron chi connectivity index (χ0n) is 15.4. The fraction of sp³-hybridized carbons (Fsp3) is 0.941. The Balaban J connectivity index is 2.22. The van der Waals surface area contributed by atoms with E-state index in [2.05, 4.69) is 41.4 Å². The number of ether oxygens (including phenoxy) is 1. The van der Waals surface area contributed by atoms with Crippen LogP contribution in [-0.2, 0) is 4.74 Å². The third-order valence-electron chi connectivity index (χ3n) is 4.79. The van der Waals surface area contributed by atoms with Gasteiger partial charge in [-0.05, 0) is 53.1 Å². The molecule has 136 valence electrons. The van der Waals surface area contributed by atoms with Crippen LogP contribution in [0.3, 0.4) is 0 Å². The number of unbranched alkanes of at least 4 members (excludes halogenated alkanes) is 1. The van der Waals surface area contributed by atoms with E-state index in [4.69, 9.17) is 4.74 Å². The summed E-state index contributed by atoms with van der Waals surface area (Å²) >= 11 is 0. The molecule has 0 amide bonds. The van der Waals surface area contributed by atoms with Crippen molar-refractivity contribution >= 4 is 5.96 Å². The Morgan fingerprint density at radius 1 is 1.35 bits per heavy atom. The highest BCUT2D eigenvalue weighted by molar-refractivity contribution is 5.79. The highest BCUT2D eigenvalue weighted by Crippen LogP contribution is 2.31. The van der Waals surface area contributed by atoms with E-state index in [1.165, 1.54) is 6.42 Å². The number of aliphatic hydroxyl groups excluding tert-OH is 1. The fourth-order valence-electron chi connectivity index (χ4n) is 2.75. The minimum Gasteiger partial charge on any atom is -0.396 e. The van der Waals surface area contributed by atoms with Crippen LogP contribution in [0.2, 0.25) is 0 Å². The second kappa shape index (κ2) is 10.8. The number of rotatable bonds is 10. The number of guanidine groups is 1. The quantitative estimate of drug-likeness (QED) is 0.318.